The Labute approximate surface area is 140 Å². The molecule has 0 atom stereocenters. The fourth-order valence-corrected chi connectivity index (χ4v) is 3.25. The van der Waals surface area contributed by atoms with Crippen LogP contribution in [-0.2, 0) is 4.79 Å². The Kier molecular flexibility index (Phi) is 6.21. The number of imide groups is 1. The van der Waals surface area contributed by atoms with Gasteiger partial charge in [0.05, 0.1) is 16.9 Å². The van der Waals surface area contributed by atoms with E-state index < -0.39 is 0 Å². The Hall–Kier alpha value is -1.82. The number of nitrogens with zero attached hydrogens (tertiary/aromatic N) is 1. The molecule has 0 radical (unpaired) electrons. The van der Waals surface area contributed by atoms with Crippen LogP contribution in [0.1, 0.15) is 47.4 Å². The first kappa shape index (κ1) is 17.5. The van der Waals surface area contributed by atoms with Crippen molar-refractivity contribution < 1.29 is 14.4 Å². The molecule has 1 N–H and O–H groups in total. The number of hydrogen-bond donors (Lipinski definition) is 1. The number of benzene rings is 1. The van der Waals surface area contributed by atoms with E-state index in [1.165, 1.54) is 16.7 Å². The maximum absolute atomic E-state index is 12.2. The Morgan fingerprint density at radius 3 is 2.22 bits per heavy atom. The van der Waals surface area contributed by atoms with Gasteiger partial charge >= 0.3 is 0 Å². The third-order valence-electron chi connectivity index (χ3n) is 3.92. The van der Waals surface area contributed by atoms with Crippen molar-refractivity contribution in [2.75, 3.05) is 18.1 Å². The Bertz CT molecular complexity index is 564. The highest BCUT2D eigenvalue weighted by molar-refractivity contribution is 7.99. The molecule has 0 saturated carbocycles. The molecule has 1 aliphatic rings. The van der Waals surface area contributed by atoms with E-state index in [9.17, 15) is 14.4 Å². The summed E-state index contributed by atoms with van der Waals surface area (Å²) in [7, 11) is 0. The second-order valence-electron chi connectivity index (χ2n) is 5.44. The minimum absolute atomic E-state index is 0.00561. The summed E-state index contributed by atoms with van der Waals surface area (Å²) >= 11 is 1.44. The zero-order valence-electron chi connectivity index (χ0n) is 13.5. The van der Waals surface area contributed by atoms with Gasteiger partial charge in [-0.1, -0.05) is 26.0 Å². The average molecular weight is 334 g/mol. The molecule has 0 aliphatic carbocycles. The van der Waals surface area contributed by atoms with Crippen molar-refractivity contribution in [3.05, 3.63) is 35.4 Å². The van der Waals surface area contributed by atoms with Gasteiger partial charge in [0.15, 0.2) is 0 Å². The van der Waals surface area contributed by atoms with Gasteiger partial charge in [0, 0.05) is 18.3 Å². The predicted octanol–water partition coefficient (Wildman–Crippen LogP) is 2.32. The lowest BCUT2D eigenvalue weighted by molar-refractivity contribution is -0.119. The molecule has 0 spiro atoms. The fourth-order valence-electron chi connectivity index (χ4n) is 2.53. The summed E-state index contributed by atoms with van der Waals surface area (Å²) in [4.78, 5) is 37.4. The zero-order valence-corrected chi connectivity index (χ0v) is 14.3. The van der Waals surface area contributed by atoms with E-state index in [0.29, 0.717) is 29.2 Å². The number of carbonyl (C=O) groups excluding carboxylic acids is 3. The summed E-state index contributed by atoms with van der Waals surface area (Å²) in [5, 5.41) is 2.97. The molecule has 0 unspecified atom stereocenters. The lowest BCUT2D eigenvalue weighted by atomic mass is 10.1. The van der Waals surface area contributed by atoms with Gasteiger partial charge < -0.3 is 5.32 Å². The van der Waals surface area contributed by atoms with Crippen molar-refractivity contribution in [3.8, 4) is 0 Å². The highest BCUT2D eigenvalue weighted by atomic mass is 32.2. The Morgan fingerprint density at radius 2 is 1.70 bits per heavy atom. The van der Waals surface area contributed by atoms with Crippen LogP contribution in [-0.4, -0.2) is 46.7 Å². The standard InChI is InChI=1S/C17H22N2O3S/c1-3-12(4-2)18-15(20)11-23-10-9-19-16(21)13-7-5-6-8-14(13)17(19)22/h5-8,12H,3-4,9-11H2,1-2H3,(H,18,20). The Balaban J connectivity index is 1.77. The molecule has 1 aromatic rings. The van der Waals surface area contributed by atoms with Crippen LogP contribution in [0.5, 0.6) is 0 Å². The first-order valence-electron chi connectivity index (χ1n) is 7.90. The molecular weight excluding hydrogens is 312 g/mol. The molecule has 23 heavy (non-hydrogen) atoms. The van der Waals surface area contributed by atoms with E-state index in [-0.39, 0.29) is 23.8 Å². The van der Waals surface area contributed by atoms with E-state index in [1.807, 2.05) is 13.8 Å². The van der Waals surface area contributed by atoms with Crippen molar-refractivity contribution in [2.24, 2.45) is 0 Å². The summed E-state index contributed by atoms with van der Waals surface area (Å²) in [6, 6.07) is 7.08. The van der Waals surface area contributed by atoms with Crippen LogP contribution in [0.4, 0.5) is 0 Å². The van der Waals surface area contributed by atoms with Crippen molar-refractivity contribution in [3.63, 3.8) is 0 Å². The molecule has 6 heteroatoms. The maximum atomic E-state index is 12.2. The highest BCUT2D eigenvalue weighted by Gasteiger charge is 2.34. The van der Waals surface area contributed by atoms with E-state index in [0.717, 1.165) is 12.8 Å². The average Bonchev–Trinajstić information content (AvgIpc) is 2.81. The number of nitrogens with one attached hydrogen (secondary N) is 1. The van der Waals surface area contributed by atoms with E-state index >= 15 is 0 Å². The largest absolute Gasteiger partial charge is 0.353 e. The van der Waals surface area contributed by atoms with Gasteiger partial charge in [-0.15, -0.1) is 0 Å². The Morgan fingerprint density at radius 1 is 1.13 bits per heavy atom. The summed E-state index contributed by atoms with van der Waals surface area (Å²) in [5.74, 6) is 0.424. The second kappa shape index (κ2) is 8.15. The third-order valence-corrected chi connectivity index (χ3v) is 4.86. The number of fused-ring (bicyclic) bond motifs is 1. The third kappa shape index (κ3) is 4.13. The van der Waals surface area contributed by atoms with Gasteiger partial charge in [0.1, 0.15) is 0 Å². The predicted molar refractivity (Wildman–Crippen MR) is 91.6 cm³/mol. The number of hydrogen-bond acceptors (Lipinski definition) is 4. The first-order chi connectivity index (χ1) is 11.1. The van der Waals surface area contributed by atoms with Crippen molar-refractivity contribution in [1.82, 2.24) is 10.2 Å². The van der Waals surface area contributed by atoms with Crippen LogP contribution >= 0.6 is 11.8 Å². The number of amides is 3. The molecule has 0 fully saturated rings. The summed E-state index contributed by atoms with van der Waals surface area (Å²) in [6.45, 7) is 4.42. The van der Waals surface area contributed by atoms with E-state index in [1.54, 1.807) is 24.3 Å². The topological polar surface area (TPSA) is 66.5 Å². The monoisotopic (exact) mass is 334 g/mol. The molecule has 1 heterocycles. The molecule has 0 bridgehead atoms. The number of thioether (sulfide) groups is 1. The molecule has 0 aromatic heterocycles. The summed E-state index contributed by atoms with van der Waals surface area (Å²) < 4.78 is 0. The minimum Gasteiger partial charge on any atom is -0.353 e. The SMILES string of the molecule is CCC(CC)NC(=O)CSCCN1C(=O)c2ccccc2C1=O. The van der Waals surface area contributed by atoms with Crippen LogP contribution in [0.15, 0.2) is 24.3 Å². The quantitative estimate of drug-likeness (QED) is 0.585. The van der Waals surface area contributed by atoms with Crippen LogP contribution in [0.2, 0.25) is 0 Å². The zero-order chi connectivity index (χ0) is 16.8. The fraction of sp³-hybridized carbons (Fsp3) is 0.471. The summed E-state index contributed by atoms with van der Waals surface area (Å²) in [6.07, 6.45) is 1.84. The minimum atomic E-state index is -0.243. The molecule has 5 nitrogen and oxygen atoms in total. The number of rotatable bonds is 8. The van der Waals surface area contributed by atoms with Crippen molar-refractivity contribution in [2.45, 2.75) is 32.7 Å². The van der Waals surface area contributed by atoms with Gasteiger partial charge in [-0.25, -0.2) is 0 Å². The molecule has 2 rings (SSSR count). The van der Waals surface area contributed by atoms with Gasteiger partial charge in [-0.2, -0.15) is 11.8 Å². The number of carbonyl (C=O) groups is 3. The molecule has 1 aliphatic heterocycles. The van der Waals surface area contributed by atoms with E-state index in [2.05, 4.69) is 5.32 Å². The molecule has 124 valence electrons. The normalized spacial score (nSPS) is 13.6. The molecule has 0 saturated heterocycles. The van der Waals surface area contributed by atoms with Crippen LogP contribution in [0, 0.1) is 0 Å². The van der Waals surface area contributed by atoms with Gasteiger partial charge in [0.2, 0.25) is 5.91 Å². The van der Waals surface area contributed by atoms with Gasteiger partial charge in [0.25, 0.3) is 11.8 Å². The van der Waals surface area contributed by atoms with E-state index in [4.69, 9.17) is 0 Å². The lowest BCUT2D eigenvalue weighted by Gasteiger charge is -2.15. The molecule has 1 aromatic carbocycles. The maximum Gasteiger partial charge on any atom is 0.261 e. The first-order valence-corrected chi connectivity index (χ1v) is 9.06. The van der Waals surface area contributed by atoms with Crippen LogP contribution in [0.25, 0.3) is 0 Å². The molecular formula is C17H22N2O3S. The van der Waals surface area contributed by atoms with Crippen molar-refractivity contribution in [1.29, 1.82) is 0 Å². The van der Waals surface area contributed by atoms with Crippen molar-refractivity contribution >= 4 is 29.5 Å². The van der Waals surface area contributed by atoms with Gasteiger partial charge in [-0.3, -0.25) is 19.3 Å². The molecule has 3 amide bonds. The van der Waals surface area contributed by atoms with Crippen LogP contribution in [0.3, 0.4) is 0 Å². The van der Waals surface area contributed by atoms with Crippen LogP contribution < -0.4 is 5.32 Å². The lowest BCUT2D eigenvalue weighted by Crippen LogP contribution is -2.35. The second-order valence-corrected chi connectivity index (χ2v) is 6.55. The smallest absolute Gasteiger partial charge is 0.261 e. The summed E-state index contributed by atoms with van der Waals surface area (Å²) in [5.41, 5.74) is 0.933. The highest BCUT2D eigenvalue weighted by Crippen LogP contribution is 2.22. The van der Waals surface area contributed by atoms with Gasteiger partial charge in [-0.05, 0) is 25.0 Å².